The Morgan fingerprint density at radius 1 is 1.50 bits per heavy atom. The van der Waals surface area contributed by atoms with Crippen molar-refractivity contribution in [3.05, 3.63) is 29.6 Å². The lowest BCUT2D eigenvalue weighted by Crippen LogP contribution is -2.09. The molecular weight excluding hydrogens is 319 g/mol. The number of carbonyl (C=O) groups is 1. The van der Waals surface area contributed by atoms with Gasteiger partial charge in [0.1, 0.15) is 15.3 Å². The molecule has 0 heterocycles. The van der Waals surface area contributed by atoms with Crippen molar-refractivity contribution in [3.63, 3.8) is 0 Å². The highest BCUT2D eigenvalue weighted by Gasteiger charge is 2.18. The Balaban J connectivity index is 3.14. The molecule has 0 saturated carbocycles. The maximum atomic E-state index is 12.8. The smallest absolute Gasteiger partial charge is 0.190 e. The summed E-state index contributed by atoms with van der Waals surface area (Å²) in [5.74, 6) is -0.403. The summed E-state index contributed by atoms with van der Waals surface area (Å²) in [6.07, 6.45) is 0. The summed E-state index contributed by atoms with van der Waals surface area (Å²) in [4.78, 5) is 11.5. The van der Waals surface area contributed by atoms with Gasteiger partial charge in [0.2, 0.25) is 0 Å². The number of halogens is 3. The molecule has 2 nitrogen and oxygen atoms in total. The number of benzene rings is 1. The normalized spacial score (nSPS) is 10.4. The SMILES string of the molecule is COc1cc(F)ccc1C(=O)C(Br)Br. The van der Waals surface area contributed by atoms with Crippen molar-refractivity contribution in [1.29, 1.82) is 0 Å². The molecule has 0 N–H and O–H groups in total. The molecule has 1 aromatic carbocycles. The van der Waals surface area contributed by atoms with Gasteiger partial charge in [-0.05, 0) is 12.1 Å². The first-order valence-electron chi connectivity index (χ1n) is 3.72. The molecule has 0 aliphatic heterocycles. The van der Waals surface area contributed by atoms with Crippen molar-refractivity contribution in [3.8, 4) is 5.75 Å². The lowest BCUT2D eigenvalue weighted by molar-refractivity contribution is 0.101. The Labute approximate surface area is 97.7 Å². The molecule has 0 aliphatic carbocycles. The van der Waals surface area contributed by atoms with E-state index in [4.69, 9.17) is 4.74 Å². The Morgan fingerprint density at radius 3 is 2.64 bits per heavy atom. The number of alkyl halides is 2. The van der Waals surface area contributed by atoms with Crippen LogP contribution in [0, 0.1) is 5.82 Å². The second kappa shape index (κ2) is 4.89. The summed E-state index contributed by atoms with van der Waals surface area (Å²) in [7, 11) is 1.39. The van der Waals surface area contributed by atoms with Gasteiger partial charge < -0.3 is 4.74 Å². The maximum absolute atomic E-state index is 12.8. The van der Waals surface area contributed by atoms with Crippen LogP contribution in [-0.2, 0) is 0 Å². The van der Waals surface area contributed by atoms with Gasteiger partial charge in [-0.15, -0.1) is 0 Å². The summed E-state index contributed by atoms with van der Waals surface area (Å²) in [5.41, 5.74) is 0.340. The van der Waals surface area contributed by atoms with Gasteiger partial charge in [-0.25, -0.2) is 4.39 Å². The van der Waals surface area contributed by atoms with Gasteiger partial charge in [-0.1, -0.05) is 31.9 Å². The van der Waals surface area contributed by atoms with E-state index in [2.05, 4.69) is 31.9 Å². The van der Waals surface area contributed by atoms with Gasteiger partial charge in [0.05, 0.1) is 12.7 Å². The summed E-state index contributed by atoms with van der Waals surface area (Å²) in [6.45, 7) is 0. The van der Waals surface area contributed by atoms with Crippen LogP contribution in [-0.4, -0.2) is 16.6 Å². The first-order chi connectivity index (χ1) is 6.56. The monoisotopic (exact) mass is 324 g/mol. The van der Waals surface area contributed by atoms with Crippen LogP contribution in [0.5, 0.6) is 5.75 Å². The number of hydrogen-bond donors (Lipinski definition) is 0. The third kappa shape index (κ3) is 2.54. The van der Waals surface area contributed by atoms with Crippen LogP contribution in [0.25, 0.3) is 0 Å². The van der Waals surface area contributed by atoms with Crippen molar-refractivity contribution in [2.24, 2.45) is 0 Å². The van der Waals surface area contributed by atoms with E-state index in [-0.39, 0.29) is 11.5 Å². The highest BCUT2D eigenvalue weighted by molar-refractivity contribution is 9.25. The lowest BCUT2D eigenvalue weighted by Gasteiger charge is -2.07. The largest absolute Gasteiger partial charge is 0.496 e. The van der Waals surface area contributed by atoms with Crippen LogP contribution in [0.4, 0.5) is 4.39 Å². The van der Waals surface area contributed by atoms with Gasteiger partial charge >= 0.3 is 0 Å². The molecule has 0 atom stereocenters. The predicted molar refractivity (Wildman–Crippen MR) is 58.9 cm³/mol. The van der Waals surface area contributed by atoms with E-state index in [1.165, 1.54) is 25.3 Å². The molecule has 0 amide bonds. The first-order valence-corrected chi connectivity index (χ1v) is 5.55. The minimum Gasteiger partial charge on any atom is -0.496 e. The van der Waals surface area contributed by atoms with Gasteiger partial charge in [0.25, 0.3) is 0 Å². The fourth-order valence-electron chi connectivity index (χ4n) is 0.986. The van der Waals surface area contributed by atoms with Crippen LogP contribution in [0.1, 0.15) is 10.4 Å². The highest BCUT2D eigenvalue weighted by Crippen LogP contribution is 2.24. The summed E-state index contributed by atoms with van der Waals surface area (Å²) in [6, 6.07) is 3.79. The molecule has 0 aromatic heterocycles. The fraction of sp³-hybridized carbons (Fsp3) is 0.222. The van der Waals surface area contributed by atoms with Crippen molar-refractivity contribution < 1.29 is 13.9 Å². The first kappa shape index (κ1) is 11.7. The molecule has 0 radical (unpaired) electrons. The van der Waals surface area contributed by atoms with E-state index >= 15 is 0 Å². The van der Waals surface area contributed by atoms with E-state index < -0.39 is 9.55 Å². The quantitative estimate of drug-likeness (QED) is 0.630. The van der Waals surface area contributed by atoms with Crippen molar-refractivity contribution in [2.45, 2.75) is 3.74 Å². The standard InChI is InChI=1S/C9H7Br2FO2/c1-14-7-4-5(12)2-3-6(7)8(13)9(10)11/h2-4,9H,1H3. The fourth-order valence-corrected chi connectivity index (χ4v) is 1.48. The Morgan fingerprint density at radius 2 is 2.14 bits per heavy atom. The van der Waals surface area contributed by atoms with Crippen molar-refractivity contribution >= 4 is 37.6 Å². The van der Waals surface area contributed by atoms with Gasteiger partial charge in [0.15, 0.2) is 5.78 Å². The Kier molecular flexibility index (Phi) is 4.07. The molecular formula is C9H7Br2FO2. The van der Waals surface area contributed by atoms with E-state index in [9.17, 15) is 9.18 Å². The summed E-state index contributed by atoms with van der Waals surface area (Å²) < 4.78 is 17.2. The van der Waals surface area contributed by atoms with Gasteiger partial charge in [0, 0.05) is 6.07 Å². The molecule has 0 fully saturated rings. The van der Waals surface area contributed by atoms with E-state index in [0.717, 1.165) is 0 Å². The van der Waals surface area contributed by atoms with Crippen LogP contribution in [0.2, 0.25) is 0 Å². The third-order valence-corrected chi connectivity index (χ3v) is 2.46. The number of rotatable bonds is 3. The molecule has 1 rings (SSSR count). The maximum Gasteiger partial charge on any atom is 0.190 e. The highest BCUT2D eigenvalue weighted by atomic mass is 79.9. The second-order valence-corrected chi connectivity index (χ2v) is 5.57. The van der Waals surface area contributed by atoms with Gasteiger partial charge in [-0.3, -0.25) is 4.79 Å². The molecule has 0 spiro atoms. The zero-order valence-corrected chi connectivity index (χ0v) is 10.4. The van der Waals surface area contributed by atoms with Crippen LogP contribution in [0.15, 0.2) is 18.2 Å². The van der Waals surface area contributed by atoms with Crippen molar-refractivity contribution in [2.75, 3.05) is 7.11 Å². The molecule has 14 heavy (non-hydrogen) atoms. The Bertz CT molecular complexity index is 353. The minimum absolute atomic E-state index is 0.207. The second-order valence-electron chi connectivity index (χ2n) is 2.51. The molecule has 76 valence electrons. The van der Waals surface area contributed by atoms with Crippen LogP contribution in [0.3, 0.4) is 0 Å². The average Bonchev–Trinajstić information content (AvgIpc) is 2.16. The summed E-state index contributed by atoms with van der Waals surface area (Å²) >= 11 is 6.15. The Hall–Kier alpha value is -0.420. The molecule has 0 saturated heterocycles. The van der Waals surface area contributed by atoms with E-state index in [0.29, 0.717) is 5.56 Å². The number of ether oxygens (including phenoxy) is 1. The summed E-state index contributed by atoms with van der Waals surface area (Å²) in [5, 5.41) is 0. The molecule has 5 heteroatoms. The van der Waals surface area contributed by atoms with E-state index in [1.807, 2.05) is 0 Å². The number of carbonyl (C=O) groups excluding carboxylic acids is 1. The zero-order valence-electron chi connectivity index (χ0n) is 7.26. The number of ketones is 1. The average molecular weight is 326 g/mol. The molecule has 0 aliphatic rings. The number of hydrogen-bond acceptors (Lipinski definition) is 2. The van der Waals surface area contributed by atoms with Crippen molar-refractivity contribution in [1.82, 2.24) is 0 Å². The third-order valence-electron chi connectivity index (χ3n) is 1.63. The minimum atomic E-state index is -0.491. The molecule has 1 aromatic rings. The molecule has 0 bridgehead atoms. The van der Waals surface area contributed by atoms with Crippen LogP contribution < -0.4 is 4.74 Å². The van der Waals surface area contributed by atoms with E-state index in [1.54, 1.807) is 0 Å². The van der Waals surface area contributed by atoms with Crippen LogP contribution >= 0.6 is 31.9 Å². The lowest BCUT2D eigenvalue weighted by atomic mass is 10.1. The molecule has 0 unspecified atom stereocenters. The number of Topliss-reactive ketones (excluding diaryl/α,β-unsaturated/α-hetero) is 1. The van der Waals surface area contributed by atoms with Gasteiger partial charge in [-0.2, -0.15) is 0 Å². The zero-order chi connectivity index (χ0) is 10.7. The topological polar surface area (TPSA) is 26.3 Å². The number of methoxy groups -OCH3 is 1. The predicted octanol–water partition coefficient (Wildman–Crippen LogP) is 3.13.